The third-order valence-corrected chi connectivity index (χ3v) is 7.60. The molecular formula is C33H30N2O. The van der Waals surface area contributed by atoms with Crippen molar-refractivity contribution < 1.29 is 4.79 Å². The van der Waals surface area contributed by atoms with E-state index in [-0.39, 0.29) is 11.7 Å². The smallest absolute Gasteiger partial charge is 0.210 e. The molecule has 3 aromatic rings. The number of anilines is 1. The van der Waals surface area contributed by atoms with Crippen LogP contribution in [0.4, 0.5) is 5.69 Å². The zero-order valence-corrected chi connectivity index (χ0v) is 20.6. The predicted octanol–water partition coefficient (Wildman–Crippen LogP) is 7.90. The third kappa shape index (κ3) is 3.85. The highest BCUT2D eigenvalue weighted by molar-refractivity contribution is 6.20. The van der Waals surface area contributed by atoms with E-state index >= 15 is 0 Å². The number of ketones is 1. The number of para-hydroxylation sites is 1. The molecule has 1 N–H and O–H groups in total. The molecule has 0 saturated heterocycles. The molecule has 0 bridgehead atoms. The average Bonchev–Trinajstić information content (AvgIpc) is 2.94. The van der Waals surface area contributed by atoms with Crippen LogP contribution in [0.1, 0.15) is 71.1 Å². The normalized spacial score (nSPS) is 18.1. The number of fused-ring (bicyclic) bond motifs is 5. The van der Waals surface area contributed by atoms with E-state index in [0.717, 1.165) is 54.5 Å². The van der Waals surface area contributed by atoms with Gasteiger partial charge in [0.25, 0.3) is 0 Å². The van der Waals surface area contributed by atoms with Gasteiger partial charge in [0.2, 0.25) is 5.78 Å². The summed E-state index contributed by atoms with van der Waals surface area (Å²) >= 11 is 0. The fourth-order valence-electron chi connectivity index (χ4n) is 5.90. The van der Waals surface area contributed by atoms with Crippen molar-refractivity contribution in [2.45, 2.75) is 44.9 Å². The number of benzene rings is 2. The average molecular weight is 471 g/mol. The molecule has 1 aromatic heterocycles. The molecule has 178 valence electrons. The van der Waals surface area contributed by atoms with E-state index in [1.165, 1.54) is 27.8 Å². The fraction of sp³-hybridized carbons (Fsp3) is 0.212. The molecule has 3 nitrogen and oxygen atoms in total. The summed E-state index contributed by atoms with van der Waals surface area (Å²) in [7, 11) is 0. The first-order valence-electron chi connectivity index (χ1n) is 13.0. The Morgan fingerprint density at radius 2 is 1.83 bits per heavy atom. The highest BCUT2D eigenvalue weighted by Crippen LogP contribution is 2.48. The molecule has 3 aliphatic carbocycles. The molecule has 1 atom stereocenters. The molecule has 36 heavy (non-hydrogen) atoms. The first kappa shape index (κ1) is 22.5. The Morgan fingerprint density at radius 3 is 2.64 bits per heavy atom. The number of allylic oxidation sites excluding steroid dienone is 8. The van der Waals surface area contributed by atoms with Crippen molar-refractivity contribution >= 4 is 22.6 Å². The monoisotopic (exact) mass is 470 g/mol. The van der Waals surface area contributed by atoms with Crippen LogP contribution in [0.25, 0.3) is 11.1 Å². The van der Waals surface area contributed by atoms with Crippen molar-refractivity contribution in [3.05, 3.63) is 130 Å². The van der Waals surface area contributed by atoms with Crippen molar-refractivity contribution in [1.82, 2.24) is 4.98 Å². The van der Waals surface area contributed by atoms with E-state index in [4.69, 9.17) is 0 Å². The number of carbonyl (C=O) groups is 1. The molecule has 1 unspecified atom stereocenters. The van der Waals surface area contributed by atoms with Gasteiger partial charge >= 0.3 is 0 Å². The minimum absolute atomic E-state index is 0.0917. The van der Waals surface area contributed by atoms with E-state index in [1.54, 1.807) is 0 Å². The van der Waals surface area contributed by atoms with Gasteiger partial charge in [0.05, 0.1) is 5.70 Å². The molecule has 6 rings (SSSR count). The lowest BCUT2D eigenvalue weighted by Gasteiger charge is -2.34. The molecule has 0 spiro atoms. The second-order valence-electron chi connectivity index (χ2n) is 9.74. The molecule has 0 fully saturated rings. The largest absolute Gasteiger partial charge is 0.352 e. The lowest BCUT2D eigenvalue weighted by Crippen LogP contribution is -2.27. The maximum Gasteiger partial charge on any atom is 0.210 e. The van der Waals surface area contributed by atoms with Gasteiger partial charge in [0, 0.05) is 29.6 Å². The third-order valence-electron chi connectivity index (χ3n) is 7.60. The number of carbonyl (C=O) groups excluding carboxylic acids is 1. The highest BCUT2D eigenvalue weighted by Gasteiger charge is 2.37. The summed E-state index contributed by atoms with van der Waals surface area (Å²) < 4.78 is 0. The number of aromatic nitrogens is 1. The van der Waals surface area contributed by atoms with Gasteiger partial charge in [-0.05, 0) is 82.5 Å². The van der Waals surface area contributed by atoms with Crippen LogP contribution in [0.5, 0.6) is 0 Å². The number of nitrogens with one attached hydrogen (secondary N) is 1. The Balaban J connectivity index is 1.58. The molecule has 2 aromatic carbocycles. The molecule has 0 aliphatic heterocycles. The van der Waals surface area contributed by atoms with Crippen LogP contribution in [-0.4, -0.2) is 10.8 Å². The van der Waals surface area contributed by atoms with Crippen LogP contribution in [0.15, 0.2) is 103 Å². The molecule has 3 aliphatic rings. The SMILES string of the molecule is CCCCC1C(c2ccncc2)=C(Nc2ccccc2)C(=O)c2c1ccc1c2CC=C2CC=CC=C21. The van der Waals surface area contributed by atoms with Gasteiger partial charge in [-0.2, -0.15) is 0 Å². The quantitative estimate of drug-likeness (QED) is 0.398. The van der Waals surface area contributed by atoms with Crippen molar-refractivity contribution in [3.8, 4) is 0 Å². The van der Waals surface area contributed by atoms with Crippen molar-refractivity contribution in [2.24, 2.45) is 0 Å². The summed E-state index contributed by atoms with van der Waals surface area (Å²) in [6.45, 7) is 2.23. The maximum atomic E-state index is 14.5. The summed E-state index contributed by atoms with van der Waals surface area (Å²) in [5, 5.41) is 3.56. The van der Waals surface area contributed by atoms with Gasteiger partial charge in [-0.15, -0.1) is 0 Å². The van der Waals surface area contributed by atoms with Crippen molar-refractivity contribution in [3.63, 3.8) is 0 Å². The molecule has 0 amide bonds. The first-order chi connectivity index (χ1) is 17.8. The Kier molecular flexibility index (Phi) is 5.98. The summed E-state index contributed by atoms with van der Waals surface area (Å²) in [5.74, 6) is 0.233. The van der Waals surface area contributed by atoms with Gasteiger partial charge in [0.1, 0.15) is 0 Å². The topological polar surface area (TPSA) is 42.0 Å². The van der Waals surface area contributed by atoms with E-state index in [2.05, 4.69) is 53.7 Å². The Labute approximate surface area is 213 Å². The molecule has 3 heteroatoms. The number of hydrogen-bond donors (Lipinski definition) is 1. The van der Waals surface area contributed by atoms with Crippen LogP contribution >= 0.6 is 0 Å². The molecule has 1 heterocycles. The summed E-state index contributed by atoms with van der Waals surface area (Å²) in [4.78, 5) is 18.7. The Hall–Kier alpha value is -3.98. The lowest BCUT2D eigenvalue weighted by atomic mass is 9.70. The number of pyridine rings is 1. The number of Topliss-reactive ketones (excluding diaryl/α,β-unsaturated/α-hetero) is 1. The number of rotatable bonds is 6. The summed E-state index contributed by atoms with van der Waals surface area (Å²) in [5.41, 5.74) is 10.8. The van der Waals surface area contributed by atoms with Crippen LogP contribution in [-0.2, 0) is 6.42 Å². The zero-order valence-electron chi connectivity index (χ0n) is 20.6. The summed E-state index contributed by atoms with van der Waals surface area (Å²) in [6.07, 6.45) is 17.5. The van der Waals surface area contributed by atoms with E-state index in [0.29, 0.717) is 5.70 Å². The zero-order chi connectivity index (χ0) is 24.5. The van der Waals surface area contributed by atoms with Crippen LogP contribution in [0.3, 0.4) is 0 Å². The minimum Gasteiger partial charge on any atom is -0.352 e. The van der Waals surface area contributed by atoms with Gasteiger partial charge in [0.15, 0.2) is 0 Å². The van der Waals surface area contributed by atoms with Gasteiger partial charge < -0.3 is 5.32 Å². The van der Waals surface area contributed by atoms with Crippen molar-refractivity contribution in [2.75, 3.05) is 5.32 Å². The van der Waals surface area contributed by atoms with Crippen molar-refractivity contribution in [1.29, 1.82) is 0 Å². The van der Waals surface area contributed by atoms with Gasteiger partial charge in [-0.3, -0.25) is 9.78 Å². The summed E-state index contributed by atoms with van der Waals surface area (Å²) in [6, 6.07) is 18.6. The highest BCUT2D eigenvalue weighted by atomic mass is 16.1. The van der Waals surface area contributed by atoms with E-state index < -0.39 is 0 Å². The fourth-order valence-corrected chi connectivity index (χ4v) is 5.90. The molecular weight excluding hydrogens is 440 g/mol. The maximum absolute atomic E-state index is 14.5. The first-order valence-corrected chi connectivity index (χ1v) is 13.0. The Bertz CT molecular complexity index is 1440. The minimum atomic E-state index is 0.0917. The predicted molar refractivity (Wildman–Crippen MR) is 148 cm³/mol. The number of unbranched alkanes of at least 4 members (excludes halogenated alkanes) is 1. The molecule has 0 radical (unpaired) electrons. The standard InChI is InChI=1S/C33H30N2O/c1-2-3-12-27-29-17-16-26-25-13-8-7-9-22(25)14-15-28(26)31(29)33(36)32(35-24-10-5-4-6-11-24)30(27)23-18-20-34-21-19-23/h4-8,10-11,13-14,16-21,27,35H,2-3,9,12,15H2,1H3. The van der Waals surface area contributed by atoms with Crippen LogP contribution in [0.2, 0.25) is 0 Å². The lowest BCUT2D eigenvalue weighted by molar-refractivity contribution is 0.103. The van der Waals surface area contributed by atoms with Gasteiger partial charge in [-0.25, -0.2) is 0 Å². The van der Waals surface area contributed by atoms with Crippen LogP contribution < -0.4 is 5.32 Å². The molecule has 0 saturated carbocycles. The van der Waals surface area contributed by atoms with Crippen LogP contribution in [0, 0.1) is 0 Å². The number of hydrogen-bond acceptors (Lipinski definition) is 3. The number of nitrogens with zero attached hydrogens (tertiary/aromatic N) is 1. The van der Waals surface area contributed by atoms with E-state index in [1.807, 2.05) is 54.9 Å². The second-order valence-corrected chi connectivity index (χ2v) is 9.74. The Morgan fingerprint density at radius 1 is 1.00 bits per heavy atom. The second kappa shape index (κ2) is 9.58. The van der Waals surface area contributed by atoms with Gasteiger partial charge in [-0.1, -0.05) is 74.4 Å². The van der Waals surface area contributed by atoms with E-state index in [9.17, 15) is 4.79 Å².